The standard InChI is InChI=1S/C11H13N3O4/c1-14(10(16)8(15)5-12)6-2-3-9-7(4-6)13-11(17)18-9/h2-4,8,15H,5,12H2,1H3,(H,13,17). The first kappa shape index (κ1) is 12.3. The quantitative estimate of drug-likeness (QED) is 0.674. The van der Waals surface area contributed by atoms with E-state index in [2.05, 4.69) is 4.98 Å². The van der Waals surface area contributed by atoms with E-state index >= 15 is 0 Å². The van der Waals surface area contributed by atoms with E-state index in [1.807, 2.05) is 0 Å². The van der Waals surface area contributed by atoms with Crippen molar-refractivity contribution in [2.45, 2.75) is 6.10 Å². The molecule has 18 heavy (non-hydrogen) atoms. The fourth-order valence-electron chi connectivity index (χ4n) is 1.60. The topological polar surface area (TPSA) is 113 Å². The van der Waals surface area contributed by atoms with Crippen LogP contribution in [0.1, 0.15) is 0 Å². The number of carbonyl (C=O) groups excluding carboxylic acids is 1. The number of benzene rings is 1. The Morgan fingerprint density at radius 3 is 3.00 bits per heavy atom. The number of aliphatic hydroxyl groups excluding tert-OH is 1. The van der Waals surface area contributed by atoms with Crippen molar-refractivity contribution in [2.24, 2.45) is 5.73 Å². The third kappa shape index (κ3) is 2.13. The number of hydrogen-bond donors (Lipinski definition) is 3. The number of carbonyl (C=O) groups is 1. The van der Waals surface area contributed by atoms with Gasteiger partial charge in [-0.25, -0.2) is 4.79 Å². The molecule has 1 atom stereocenters. The van der Waals surface area contributed by atoms with Crippen LogP contribution in [0.5, 0.6) is 0 Å². The molecule has 2 rings (SSSR count). The Hall–Kier alpha value is -2.12. The molecule has 1 aromatic carbocycles. The molecular weight excluding hydrogens is 238 g/mol. The molecular formula is C11H13N3O4. The number of fused-ring (bicyclic) bond motifs is 1. The fraction of sp³-hybridized carbons (Fsp3) is 0.273. The predicted molar refractivity (Wildman–Crippen MR) is 65.3 cm³/mol. The first-order valence-corrected chi connectivity index (χ1v) is 5.31. The number of rotatable bonds is 3. The highest BCUT2D eigenvalue weighted by Gasteiger charge is 2.19. The molecule has 4 N–H and O–H groups in total. The summed E-state index contributed by atoms with van der Waals surface area (Å²) < 4.78 is 4.85. The van der Waals surface area contributed by atoms with Gasteiger partial charge in [0.1, 0.15) is 6.10 Å². The first-order chi connectivity index (χ1) is 8.52. The molecule has 1 amide bonds. The van der Waals surface area contributed by atoms with Crippen LogP contribution >= 0.6 is 0 Å². The number of H-pyrrole nitrogens is 1. The third-order valence-corrected chi connectivity index (χ3v) is 2.63. The van der Waals surface area contributed by atoms with Crippen LogP contribution in [0.2, 0.25) is 0 Å². The molecule has 0 spiro atoms. The number of anilines is 1. The van der Waals surface area contributed by atoms with Gasteiger partial charge in [-0.3, -0.25) is 9.78 Å². The normalized spacial score (nSPS) is 12.6. The highest BCUT2D eigenvalue weighted by atomic mass is 16.4. The van der Waals surface area contributed by atoms with E-state index in [9.17, 15) is 14.7 Å². The van der Waals surface area contributed by atoms with E-state index in [0.717, 1.165) is 0 Å². The van der Waals surface area contributed by atoms with Gasteiger partial charge >= 0.3 is 5.76 Å². The average Bonchev–Trinajstić information content (AvgIpc) is 2.74. The molecule has 0 aliphatic rings. The van der Waals surface area contributed by atoms with Gasteiger partial charge in [0.25, 0.3) is 5.91 Å². The van der Waals surface area contributed by atoms with Gasteiger partial charge in [0, 0.05) is 19.3 Å². The number of aromatic nitrogens is 1. The van der Waals surface area contributed by atoms with Crippen molar-refractivity contribution in [3.63, 3.8) is 0 Å². The molecule has 1 unspecified atom stereocenters. The Bertz CT molecular complexity index is 630. The van der Waals surface area contributed by atoms with Gasteiger partial charge in [0.2, 0.25) is 0 Å². The molecule has 7 heteroatoms. The Kier molecular flexibility index (Phi) is 3.17. The van der Waals surface area contributed by atoms with E-state index in [-0.39, 0.29) is 6.54 Å². The van der Waals surface area contributed by atoms with Crippen molar-refractivity contribution in [1.29, 1.82) is 0 Å². The second-order valence-electron chi connectivity index (χ2n) is 3.84. The monoisotopic (exact) mass is 251 g/mol. The Morgan fingerprint density at radius 1 is 1.61 bits per heavy atom. The number of aromatic amines is 1. The highest BCUT2D eigenvalue weighted by Crippen LogP contribution is 2.19. The van der Waals surface area contributed by atoms with Gasteiger partial charge in [-0.05, 0) is 18.2 Å². The molecule has 96 valence electrons. The summed E-state index contributed by atoms with van der Waals surface area (Å²) in [5.74, 6) is -1.07. The van der Waals surface area contributed by atoms with Crippen LogP contribution in [0, 0.1) is 0 Å². The highest BCUT2D eigenvalue weighted by molar-refractivity contribution is 5.97. The fourth-order valence-corrected chi connectivity index (χ4v) is 1.60. The number of nitrogens with one attached hydrogen (secondary N) is 1. The minimum absolute atomic E-state index is 0.145. The number of hydrogen-bond acceptors (Lipinski definition) is 5. The predicted octanol–water partition coefficient (Wildman–Crippen LogP) is -0.597. The van der Waals surface area contributed by atoms with Gasteiger partial charge in [-0.2, -0.15) is 0 Å². The molecule has 7 nitrogen and oxygen atoms in total. The van der Waals surface area contributed by atoms with Crippen molar-refractivity contribution in [3.8, 4) is 0 Å². The van der Waals surface area contributed by atoms with E-state index in [1.54, 1.807) is 18.2 Å². The molecule has 0 saturated heterocycles. The molecule has 0 saturated carbocycles. The lowest BCUT2D eigenvalue weighted by atomic mass is 10.2. The van der Waals surface area contributed by atoms with Gasteiger partial charge in [0.15, 0.2) is 5.58 Å². The third-order valence-electron chi connectivity index (χ3n) is 2.63. The first-order valence-electron chi connectivity index (χ1n) is 5.31. The summed E-state index contributed by atoms with van der Waals surface area (Å²) in [6, 6.07) is 4.77. The van der Waals surface area contributed by atoms with Crippen molar-refractivity contribution >= 4 is 22.7 Å². The number of likely N-dealkylation sites (N-methyl/N-ethyl adjacent to an activating group) is 1. The summed E-state index contributed by atoms with van der Waals surface area (Å²) in [5, 5.41) is 9.38. The van der Waals surface area contributed by atoms with Gasteiger partial charge < -0.3 is 20.2 Å². The number of oxazole rings is 1. The van der Waals surface area contributed by atoms with Crippen LogP contribution in [-0.2, 0) is 4.79 Å². The lowest BCUT2D eigenvalue weighted by Crippen LogP contribution is -2.40. The van der Waals surface area contributed by atoms with E-state index in [4.69, 9.17) is 10.2 Å². The summed E-state index contributed by atoms with van der Waals surface area (Å²) in [6.07, 6.45) is -1.24. The van der Waals surface area contributed by atoms with E-state index in [0.29, 0.717) is 16.8 Å². The van der Waals surface area contributed by atoms with Crippen molar-refractivity contribution in [2.75, 3.05) is 18.5 Å². The second-order valence-corrected chi connectivity index (χ2v) is 3.84. The Balaban J connectivity index is 2.35. The van der Waals surface area contributed by atoms with Gasteiger partial charge in [-0.1, -0.05) is 0 Å². The van der Waals surface area contributed by atoms with Crippen LogP contribution < -0.4 is 16.4 Å². The summed E-state index contributed by atoms with van der Waals surface area (Å²) in [4.78, 5) is 26.5. The minimum atomic E-state index is -1.24. The number of aliphatic hydroxyl groups is 1. The molecule has 2 aromatic rings. The second kappa shape index (κ2) is 4.63. The number of nitrogens with two attached hydrogens (primary N) is 1. The average molecular weight is 251 g/mol. The summed E-state index contributed by atoms with van der Waals surface area (Å²) in [5.41, 5.74) is 6.64. The molecule has 0 fully saturated rings. The van der Waals surface area contributed by atoms with Crippen LogP contribution in [0.25, 0.3) is 11.1 Å². The maximum atomic E-state index is 11.7. The maximum Gasteiger partial charge on any atom is 0.417 e. The smallest absolute Gasteiger partial charge is 0.408 e. The summed E-state index contributed by atoms with van der Waals surface area (Å²) in [6.45, 7) is -0.145. The largest absolute Gasteiger partial charge is 0.417 e. The lowest BCUT2D eigenvalue weighted by molar-refractivity contribution is -0.125. The van der Waals surface area contributed by atoms with Crippen molar-refractivity contribution < 1.29 is 14.3 Å². The molecule has 0 radical (unpaired) electrons. The molecule has 1 heterocycles. The molecule has 0 bridgehead atoms. The Labute approximate surface area is 102 Å². The van der Waals surface area contributed by atoms with Crippen LogP contribution in [0.3, 0.4) is 0 Å². The zero-order valence-electron chi connectivity index (χ0n) is 9.71. The molecule has 1 aromatic heterocycles. The zero-order valence-corrected chi connectivity index (χ0v) is 9.71. The molecule has 0 aliphatic carbocycles. The SMILES string of the molecule is CN(C(=O)C(O)CN)c1ccc2oc(=O)[nH]c2c1. The number of nitrogens with zero attached hydrogens (tertiary/aromatic N) is 1. The van der Waals surface area contributed by atoms with E-state index in [1.165, 1.54) is 11.9 Å². The Morgan fingerprint density at radius 2 is 2.33 bits per heavy atom. The van der Waals surface area contributed by atoms with Gasteiger partial charge in [-0.15, -0.1) is 0 Å². The van der Waals surface area contributed by atoms with E-state index < -0.39 is 17.8 Å². The lowest BCUT2D eigenvalue weighted by Gasteiger charge is -2.19. The molecule has 0 aliphatic heterocycles. The minimum Gasteiger partial charge on any atom is -0.408 e. The van der Waals surface area contributed by atoms with Crippen molar-refractivity contribution in [3.05, 3.63) is 28.7 Å². The van der Waals surface area contributed by atoms with Crippen LogP contribution in [0.4, 0.5) is 5.69 Å². The number of amides is 1. The summed E-state index contributed by atoms with van der Waals surface area (Å²) in [7, 11) is 1.51. The van der Waals surface area contributed by atoms with Crippen molar-refractivity contribution in [1.82, 2.24) is 4.98 Å². The zero-order chi connectivity index (χ0) is 13.3. The van der Waals surface area contributed by atoms with Crippen LogP contribution in [-0.4, -0.2) is 35.7 Å². The summed E-state index contributed by atoms with van der Waals surface area (Å²) >= 11 is 0. The van der Waals surface area contributed by atoms with Gasteiger partial charge in [0.05, 0.1) is 5.52 Å². The van der Waals surface area contributed by atoms with Crippen LogP contribution in [0.15, 0.2) is 27.4 Å². The maximum absolute atomic E-state index is 11.7.